The van der Waals surface area contributed by atoms with Crippen LogP contribution < -0.4 is 5.32 Å². The minimum atomic E-state index is 0.267. The van der Waals surface area contributed by atoms with Crippen molar-refractivity contribution in [2.24, 2.45) is 17.8 Å². The molecule has 21 heavy (non-hydrogen) atoms. The number of hydrogen-bond donors (Lipinski definition) is 1. The largest absolute Gasteiger partial charge is 0.342 e. The predicted molar refractivity (Wildman–Crippen MR) is 85.1 cm³/mol. The second-order valence-electron chi connectivity index (χ2n) is 7.53. The van der Waals surface area contributed by atoms with Gasteiger partial charge >= 0.3 is 0 Å². The molecule has 3 fully saturated rings. The zero-order chi connectivity index (χ0) is 14.8. The monoisotopic (exact) mass is 293 g/mol. The van der Waals surface area contributed by atoms with Gasteiger partial charge in [0.1, 0.15) is 0 Å². The molecule has 1 amide bonds. The topological polar surface area (TPSA) is 35.6 Å². The standard InChI is InChI=1S/C17H31N3O/c1-13(2)14-3-7-19(8-4-14)16-5-9-20(10-6-16)17(21)15-11-18-12-15/h13-16,18H,3-12H2,1-2H3. The van der Waals surface area contributed by atoms with Gasteiger partial charge in [-0.2, -0.15) is 0 Å². The zero-order valence-corrected chi connectivity index (χ0v) is 13.7. The molecule has 3 heterocycles. The van der Waals surface area contributed by atoms with Crippen molar-refractivity contribution in [1.29, 1.82) is 0 Å². The highest BCUT2D eigenvalue weighted by Crippen LogP contribution is 2.28. The maximum atomic E-state index is 12.3. The van der Waals surface area contributed by atoms with Gasteiger partial charge in [0, 0.05) is 32.2 Å². The molecule has 4 nitrogen and oxygen atoms in total. The first-order valence-corrected chi connectivity index (χ1v) is 8.88. The quantitative estimate of drug-likeness (QED) is 0.858. The van der Waals surface area contributed by atoms with Crippen molar-refractivity contribution in [2.45, 2.75) is 45.6 Å². The lowest BCUT2D eigenvalue weighted by Crippen LogP contribution is -2.55. The number of likely N-dealkylation sites (tertiary alicyclic amines) is 2. The normalized spacial score (nSPS) is 27.1. The van der Waals surface area contributed by atoms with Gasteiger partial charge in [-0.1, -0.05) is 13.8 Å². The lowest BCUT2D eigenvalue weighted by molar-refractivity contribution is -0.138. The van der Waals surface area contributed by atoms with Crippen LogP contribution in [0.25, 0.3) is 0 Å². The Morgan fingerprint density at radius 2 is 1.62 bits per heavy atom. The number of nitrogens with one attached hydrogen (secondary N) is 1. The molecule has 0 aromatic carbocycles. The van der Waals surface area contributed by atoms with Crippen LogP contribution >= 0.6 is 0 Å². The Balaban J connectivity index is 1.42. The smallest absolute Gasteiger partial charge is 0.228 e. The van der Waals surface area contributed by atoms with Gasteiger partial charge < -0.3 is 15.1 Å². The van der Waals surface area contributed by atoms with E-state index in [1.807, 2.05) is 0 Å². The van der Waals surface area contributed by atoms with E-state index in [9.17, 15) is 4.79 Å². The summed E-state index contributed by atoms with van der Waals surface area (Å²) in [4.78, 5) is 17.1. The third-order valence-electron chi connectivity index (χ3n) is 5.94. The van der Waals surface area contributed by atoms with Crippen LogP contribution in [0.4, 0.5) is 0 Å². The van der Waals surface area contributed by atoms with Crippen molar-refractivity contribution in [3.05, 3.63) is 0 Å². The van der Waals surface area contributed by atoms with Crippen LogP contribution in [0.3, 0.4) is 0 Å². The summed E-state index contributed by atoms with van der Waals surface area (Å²) in [6.45, 7) is 11.0. The fourth-order valence-electron chi connectivity index (χ4n) is 4.12. The first kappa shape index (κ1) is 15.3. The van der Waals surface area contributed by atoms with Crippen molar-refractivity contribution >= 4 is 5.91 Å². The number of piperidine rings is 2. The molecule has 0 atom stereocenters. The van der Waals surface area contributed by atoms with Crippen molar-refractivity contribution in [3.63, 3.8) is 0 Å². The minimum absolute atomic E-state index is 0.267. The number of amides is 1. The molecule has 0 unspecified atom stereocenters. The molecule has 120 valence electrons. The summed E-state index contributed by atoms with van der Waals surface area (Å²) in [6, 6.07) is 0.724. The second kappa shape index (κ2) is 6.66. The Hall–Kier alpha value is -0.610. The van der Waals surface area contributed by atoms with Crippen molar-refractivity contribution in [3.8, 4) is 0 Å². The molecule has 3 rings (SSSR count). The molecule has 0 radical (unpaired) electrons. The van der Waals surface area contributed by atoms with E-state index in [-0.39, 0.29) is 5.92 Å². The van der Waals surface area contributed by atoms with Crippen LogP contribution in [0.2, 0.25) is 0 Å². The first-order valence-electron chi connectivity index (χ1n) is 8.88. The number of hydrogen-bond acceptors (Lipinski definition) is 3. The van der Waals surface area contributed by atoms with Gasteiger partial charge in [-0.15, -0.1) is 0 Å². The Morgan fingerprint density at radius 1 is 1.00 bits per heavy atom. The second-order valence-corrected chi connectivity index (χ2v) is 7.53. The molecule has 3 aliphatic heterocycles. The Morgan fingerprint density at radius 3 is 2.10 bits per heavy atom. The third kappa shape index (κ3) is 3.42. The van der Waals surface area contributed by atoms with Gasteiger partial charge in [-0.25, -0.2) is 0 Å². The minimum Gasteiger partial charge on any atom is -0.342 e. The SMILES string of the molecule is CC(C)C1CCN(C2CCN(C(=O)C3CNC3)CC2)CC1. The summed E-state index contributed by atoms with van der Waals surface area (Å²) in [6.07, 6.45) is 5.09. The average Bonchev–Trinajstić information content (AvgIpc) is 2.46. The van der Waals surface area contributed by atoms with Gasteiger partial charge in [0.05, 0.1) is 5.92 Å². The molecule has 0 aromatic rings. The Kier molecular flexibility index (Phi) is 4.85. The first-order chi connectivity index (χ1) is 10.1. The van der Waals surface area contributed by atoms with Crippen LogP contribution in [0, 0.1) is 17.8 Å². The molecule has 1 N–H and O–H groups in total. The number of nitrogens with zero attached hydrogens (tertiary/aromatic N) is 2. The van der Waals surface area contributed by atoms with Gasteiger partial charge in [0.15, 0.2) is 0 Å². The van der Waals surface area contributed by atoms with Gasteiger partial charge in [0.2, 0.25) is 5.91 Å². The summed E-state index contributed by atoms with van der Waals surface area (Å²) < 4.78 is 0. The molecule has 0 bridgehead atoms. The lowest BCUT2D eigenvalue weighted by atomic mass is 9.85. The molecule has 0 saturated carbocycles. The van der Waals surface area contributed by atoms with Crippen molar-refractivity contribution in [2.75, 3.05) is 39.3 Å². The highest BCUT2D eigenvalue weighted by Gasteiger charge is 2.34. The van der Waals surface area contributed by atoms with Gasteiger partial charge in [-0.05, 0) is 50.6 Å². The maximum absolute atomic E-state index is 12.3. The molecule has 0 aliphatic carbocycles. The van der Waals surface area contributed by atoms with E-state index in [2.05, 4.69) is 29.0 Å². The van der Waals surface area contributed by atoms with Crippen LogP contribution in [0.5, 0.6) is 0 Å². The summed E-state index contributed by atoms with van der Waals surface area (Å²) in [5.41, 5.74) is 0. The highest BCUT2D eigenvalue weighted by atomic mass is 16.2. The van der Waals surface area contributed by atoms with E-state index in [0.29, 0.717) is 5.91 Å². The predicted octanol–water partition coefficient (Wildman–Crippen LogP) is 1.56. The van der Waals surface area contributed by atoms with Gasteiger partial charge in [0.25, 0.3) is 0 Å². The zero-order valence-electron chi connectivity index (χ0n) is 13.7. The summed E-state index contributed by atoms with van der Waals surface area (Å²) in [5, 5.41) is 3.20. The summed E-state index contributed by atoms with van der Waals surface area (Å²) in [7, 11) is 0. The van der Waals surface area contributed by atoms with Crippen LogP contribution in [0.15, 0.2) is 0 Å². The van der Waals surface area contributed by atoms with E-state index in [1.165, 1.54) is 38.8 Å². The molecular weight excluding hydrogens is 262 g/mol. The van der Waals surface area contributed by atoms with Crippen LogP contribution in [-0.2, 0) is 4.79 Å². The van der Waals surface area contributed by atoms with E-state index in [4.69, 9.17) is 0 Å². The lowest BCUT2D eigenvalue weighted by Gasteiger charge is -2.43. The molecule has 3 saturated heterocycles. The van der Waals surface area contributed by atoms with Crippen molar-refractivity contribution < 1.29 is 4.79 Å². The third-order valence-corrected chi connectivity index (χ3v) is 5.94. The Labute approximate surface area is 129 Å². The summed E-state index contributed by atoms with van der Waals surface area (Å²) in [5.74, 6) is 2.42. The molecular formula is C17H31N3O. The average molecular weight is 293 g/mol. The Bertz CT molecular complexity index is 351. The van der Waals surface area contributed by atoms with Crippen LogP contribution in [-0.4, -0.2) is 61.0 Å². The van der Waals surface area contributed by atoms with E-state index >= 15 is 0 Å². The maximum Gasteiger partial charge on any atom is 0.228 e. The highest BCUT2D eigenvalue weighted by molar-refractivity contribution is 5.80. The van der Waals surface area contributed by atoms with E-state index in [0.717, 1.165) is 44.1 Å². The van der Waals surface area contributed by atoms with E-state index < -0.39 is 0 Å². The fraction of sp³-hybridized carbons (Fsp3) is 0.941. The molecule has 3 aliphatic rings. The number of carbonyl (C=O) groups excluding carboxylic acids is 1. The van der Waals surface area contributed by atoms with Crippen LogP contribution in [0.1, 0.15) is 39.5 Å². The summed E-state index contributed by atoms with van der Waals surface area (Å²) >= 11 is 0. The molecule has 0 spiro atoms. The fourth-order valence-corrected chi connectivity index (χ4v) is 4.12. The molecule has 4 heteroatoms. The van der Waals surface area contributed by atoms with Crippen molar-refractivity contribution in [1.82, 2.24) is 15.1 Å². The molecule has 0 aromatic heterocycles. The van der Waals surface area contributed by atoms with Gasteiger partial charge in [-0.3, -0.25) is 4.79 Å². The number of rotatable bonds is 3. The number of carbonyl (C=O) groups is 1. The van der Waals surface area contributed by atoms with E-state index in [1.54, 1.807) is 0 Å².